The normalized spacial score (nSPS) is 10.6. The summed E-state index contributed by atoms with van der Waals surface area (Å²) in [5, 5.41) is 6.63. The van der Waals surface area contributed by atoms with Gasteiger partial charge in [-0.2, -0.15) is 0 Å². The molecule has 6 heteroatoms. The first-order valence-corrected chi connectivity index (χ1v) is 6.78. The van der Waals surface area contributed by atoms with Crippen molar-refractivity contribution in [1.82, 2.24) is 20.6 Å². The number of nitrogens with one attached hydrogen (secondary N) is 2. The van der Waals surface area contributed by atoms with Crippen molar-refractivity contribution in [3.63, 3.8) is 0 Å². The Hall–Kier alpha value is -3.02. The van der Waals surface area contributed by atoms with E-state index in [-0.39, 0.29) is 11.8 Å². The number of carbonyl (C=O) groups excluding carboxylic acids is 2. The van der Waals surface area contributed by atoms with Crippen LogP contribution in [0.4, 0.5) is 0 Å². The van der Waals surface area contributed by atoms with E-state index >= 15 is 0 Å². The highest BCUT2D eigenvalue weighted by molar-refractivity contribution is 6.16. The third kappa shape index (κ3) is 2.05. The second-order valence-corrected chi connectivity index (χ2v) is 4.73. The molecule has 0 spiro atoms. The Morgan fingerprint density at radius 3 is 1.55 bits per heavy atom. The van der Waals surface area contributed by atoms with E-state index < -0.39 is 0 Å². The highest BCUT2D eigenvalue weighted by atomic mass is 16.2. The molecule has 2 heterocycles. The Bertz CT molecular complexity index is 830. The maximum Gasteiger partial charge on any atom is 0.251 e. The first kappa shape index (κ1) is 13.9. The number of benzene rings is 1. The molecule has 0 saturated carbocycles. The van der Waals surface area contributed by atoms with Crippen molar-refractivity contribution in [1.29, 1.82) is 0 Å². The Labute approximate surface area is 126 Å². The second kappa shape index (κ2) is 5.40. The maximum atomic E-state index is 12.0. The summed E-state index contributed by atoms with van der Waals surface area (Å²) in [6.45, 7) is 0. The Morgan fingerprint density at radius 2 is 1.18 bits per heavy atom. The first-order chi connectivity index (χ1) is 10.7. The molecule has 1 aromatic carbocycles. The highest BCUT2D eigenvalue weighted by Crippen LogP contribution is 2.26. The molecule has 0 aliphatic rings. The Kier molecular flexibility index (Phi) is 3.42. The molecule has 2 aromatic heterocycles. The minimum atomic E-state index is -0.186. The zero-order valence-corrected chi connectivity index (χ0v) is 12.2. The molecule has 110 valence electrons. The number of rotatable bonds is 2. The van der Waals surface area contributed by atoms with Crippen molar-refractivity contribution in [2.75, 3.05) is 14.1 Å². The molecule has 0 radical (unpaired) electrons. The van der Waals surface area contributed by atoms with Gasteiger partial charge in [-0.05, 0) is 12.1 Å². The summed E-state index contributed by atoms with van der Waals surface area (Å²) in [5.74, 6) is -0.372. The van der Waals surface area contributed by atoms with E-state index in [4.69, 9.17) is 0 Å². The van der Waals surface area contributed by atoms with Gasteiger partial charge in [-0.25, -0.2) is 0 Å². The summed E-state index contributed by atoms with van der Waals surface area (Å²) < 4.78 is 0. The van der Waals surface area contributed by atoms with Crippen LogP contribution in [0.3, 0.4) is 0 Å². The van der Waals surface area contributed by atoms with Gasteiger partial charge in [0.2, 0.25) is 0 Å². The van der Waals surface area contributed by atoms with Crippen molar-refractivity contribution in [3.8, 4) is 0 Å². The van der Waals surface area contributed by atoms with Crippen molar-refractivity contribution in [2.45, 2.75) is 0 Å². The van der Waals surface area contributed by atoms with Crippen LogP contribution in [0, 0.1) is 0 Å². The van der Waals surface area contributed by atoms with Crippen LogP contribution in [0.2, 0.25) is 0 Å². The molecule has 0 aliphatic heterocycles. The lowest BCUT2D eigenvalue weighted by molar-refractivity contribution is 0.0956. The monoisotopic (exact) mass is 294 g/mol. The smallest absolute Gasteiger partial charge is 0.251 e. The van der Waals surface area contributed by atoms with E-state index in [0.29, 0.717) is 32.9 Å². The molecule has 0 unspecified atom stereocenters. The van der Waals surface area contributed by atoms with E-state index in [0.717, 1.165) is 0 Å². The zero-order valence-electron chi connectivity index (χ0n) is 12.2. The van der Waals surface area contributed by atoms with Crippen molar-refractivity contribution in [2.24, 2.45) is 0 Å². The van der Waals surface area contributed by atoms with Gasteiger partial charge < -0.3 is 10.6 Å². The molecule has 0 saturated heterocycles. The van der Waals surface area contributed by atoms with Gasteiger partial charge in [-0.1, -0.05) is 12.1 Å². The summed E-state index contributed by atoms with van der Waals surface area (Å²) in [5.41, 5.74) is 2.26. The van der Waals surface area contributed by atoms with Crippen LogP contribution in [-0.2, 0) is 0 Å². The number of nitrogens with zero attached hydrogens (tertiary/aromatic N) is 2. The first-order valence-electron chi connectivity index (χ1n) is 6.78. The molecular formula is C16H14N4O2. The van der Waals surface area contributed by atoms with Crippen molar-refractivity contribution in [3.05, 3.63) is 47.8 Å². The summed E-state index contributed by atoms with van der Waals surface area (Å²) in [7, 11) is 3.16. The number of aromatic nitrogens is 2. The number of hydrogen-bond donors (Lipinski definition) is 2. The minimum absolute atomic E-state index is 0.186. The third-order valence-electron chi connectivity index (χ3n) is 3.56. The molecule has 3 aromatic rings. The lowest BCUT2D eigenvalue weighted by atomic mass is 10.0. The van der Waals surface area contributed by atoms with E-state index in [1.54, 1.807) is 50.8 Å². The predicted octanol–water partition coefficient (Wildman–Crippen LogP) is 1.50. The number of pyridine rings is 2. The summed E-state index contributed by atoms with van der Waals surface area (Å²) in [6.07, 6.45) is 3.14. The van der Waals surface area contributed by atoms with Gasteiger partial charge in [-0.3, -0.25) is 19.6 Å². The topological polar surface area (TPSA) is 84.0 Å². The van der Waals surface area contributed by atoms with Crippen molar-refractivity contribution < 1.29 is 9.59 Å². The van der Waals surface area contributed by atoms with Gasteiger partial charge in [-0.15, -0.1) is 0 Å². The standard InChI is InChI=1S/C16H14N4O2/c1-17-15(21)11-5-7-19-13-9(11)3-4-10-12(16(22)18-2)6-8-20-14(10)13/h3-8H,1-2H3,(H,17,21)(H,18,22). The van der Waals surface area contributed by atoms with Crippen LogP contribution in [-0.4, -0.2) is 35.9 Å². The molecule has 3 rings (SSSR count). The molecule has 0 aliphatic carbocycles. The van der Waals surface area contributed by atoms with Crippen LogP contribution in [0.5, 0.6) is 0 Å². The van der Waals surface area contributed by atoms with Crippen LogP contribution in [0.25, 0.3) is 21.8 Å². The average Bonchev–Trinajstić information content (AvgIpc) is 2.59. The molecule has 0 bridgehead atoms. The maximum absolute atomic E-state index is 12.0. The molecule has 22 heavy (non-hydrogen) atoms. The lowest BCUT2D eigenvalue weighted by Crippen LogP contribution is -2.19. The van der Waals surface area contributed by atoms with Gasteiger partial charge in [0.1, 0.15) is 0 Å². The SMILES string of the molecule is CNC(=O)c1ccnc2c1ccc1c(C(=O)NC)ccnc12. The molecule has 2 amide bonds. The molecular weight excluding hydrogens is 280 g/mol. The lowest BCUT2D eigenvalue weighted by Gasteiger charge is -2.09. The third-order valence-corrected chi connectivity index (χ3v) is 3.56. The number of fused-ring (bicyclic) bond motifs is 3. The number of amides is 2. The fraction of sp³-hybridized carbons (Fsp3) is 0.125. The molecule has 0 atom stereocenters. The summed E-state index contributed by atoms with van der Waals surface area (Å²) in [6, 6.07) is 6.91. The van der Waals surface area contributed by atoms with Gasteiger partial charge in [0.15, 0.2) is 0 Å². The average molecular weight is 294 g/mol. The molecule has 6 nitrogen and oxygen atoms in total. The van der Waals surface area contributed by atoms with E-state index in [2.05, 4.69) is 20.6 Å². The van der Waals surface area contributed by atoms with Crippen LogP contribution in [0.1, 0.15) is 20.7 Å². The fourth-order valence-electron chi connectivity index (χ4n) is 2.49. The molecule has 2 N–H and O–H groups in total. The largest absolute Gasteiger partial charge is 0.355 e. The van der Waals surface area contributed by atoms with E-state index in [1.807, 2.05) is 0 Å². The van der Waals surface area contributed by atoms with Crippen LogP contribution in [0.15, 0.2) is 36.7 Å². The van der Waals surface area contributed by atoms with Gasteiger partial charge in [0, 0.05) is 37.3 Å². The predicted molar refractivity (Wildman–Crippen MR) is 83.8 cm³/mol. The van der Waals surface area contributed by atoms with Crippen LogP contribution >= 0.6 is 0 Å². The van der Waals surface area contributed by atoms with Crippen LogP contribution < -0.4 is 10.6 Å². The van der Waals surface area contributed by atoms with Gasteiger partial charge in [0.25, 0.3) is 11.8 Å². The van der Waals surface area contributed by atoms with E-state index in [1.165, 1.54) is 0 Å². The minimum Gasteiger partial charge on any atom is -0.355 e. The quantitative estimate of drug-likeness (QED) is 0.702. The van der Waals surface area contributed by atoms with Gasteiger partial charge in [0.05, 0.1) is 22.2 Å². The Balaban J connectivity index is 2.38. The van der Waals surface area contributed by atoms with Gasteiger partial charge >= 0.3 is 0 Å². The second-order valence-electron chi connectivity index (χ2n) is 4.73. The zero-order chi connectivity index (χ0) is 15.7. The Morgan fingerprint density at radius 1 is 0.773 bits per heavy atom. The summed E-state index contributed by atoms with van der Waals surface area (Å²) >= 11 is 0. The fourth-order valence-corrected chi connectivity index (χ4v) is 2.49. The van der Waals surface area contributed by atoms with E-state index in [9.17, 15) is 9.59 Å². The van der Waals surface area contributed by atoms with Crippen molar-refractivity contribution >= 4 is 33.6 Å². The number of hydrogen-bond acceptors (Lipinski definition) is 4. The highest BCUT2D eigenvalue weighted by Gasteiger charge is 2.15. The number of carbonyl (C=O) groups is 2. The molecule has 0 fully saturated rings. The summed E-state index contributed by atoms with van der Waals surface area (Å²) in [4.78, 5) is 32.6.